The van der Waals surface area contributed by atoms with Gasteiger partial charge < -0.3 is 5.32 Å². The summed E-state index contributed by atoms with van der Waals surface area (Å²) in [6.45, 7) is 4.42. The standard InChI is InChI=1S/C12H26N2O2S/c1-3-5-12-6-9-14(10-7-12)17(15,16)11-4-8-13-2/h12-13H,3-11H2,1-2H3. The molecule has 0 aromatic heterocycles. The van der Waals surface area contributed by atoms with Gasteiger partial charge in [0.15, 0.2) is 0 Å². The van der Waals surface area contributed by atoms with Gasteiger partial charge in [0.2, 0.25) is 10.0 Å². The van der Waals surface area contributed by atoms with Crippen molar-refractivity contribution in [2.45, 2.75) is 39.0 Å². The summed E-state index contributed by atoms with van der Waals surface area (Å²) < 4.78 is 25.7. The van der Waals surface area contributed by atoms with E-state index in [0.29, 0.717) is 6.42 Å². The van der Waals surface area contributed by atoms with Crippen LogP contribution in [0.15, 0.2) is 0 Å². The van der Waals surface area contributed by atoms with Gasteiger partial charge in [0, 0.05) is 13.1 Å². The van der Waals surface area contributed by atoms with E-state index in [4.69, 9.17) is 0 Å². The highest BCUT2D eigenvalue weighted by Gasteiger charge is 2.26. The highest BCUT2D eigenvalue weighted by Crippen LogP contribution is 2.23. The molecule has 102 valence electrons. The summed E-state index contributed by atoms with van der Waals surface area (Å²) in [5, 5.41) is 2.98. The van der Waals surface area contributed by atoms with Crippen molar-refractivity contribution in [3.05, 3.63) is 0 Å². The zero-order valence-corrected chi connectivity index (χ0v) is 11.9. The van der Waals surface area contributed by atoms with Crippen molar-refractivity contribution < 1.29 is 8.42 Å². The van der Waals surface area contributed by atoms with Gasteiger partial charge in [-0.05, 0) is 38.8 Å². The minimum absolute atomic E-state index is 0.284. The van der Waals surface area contributed by atoms with Crippen LogP contribution in [0.5, 0.6) is 0 Å². The van der Waals surface area contributed by atoms with E-state index >= 15 is 0 Å². The fourth-order valence-corrected chi connectivity index (χ4v) is 3.98. The van der Waals surface area contributed by atoms with Gasteiger partial charge in [0.05, 0.1) is 5.75 Å². The molecule has 1 aliphatic rings. The normalized spacial score (nSPS) is 19.6. The molecule has 0 aromatic carbocycles. The van der Waals surface area contributed by atoms with Crippen molar-refractivity contribution in [1.29, 1.82) is 0 Å². The van der Waals surface area contributed by atoms with Crippen LogP contribution in [-0.4, -0.2) is 45.2 Å². The molecule has 17 heavy (non-hydrogen) atoms. The molecular weight excluding hydrogens is 236 g/mol. The Bertz CT molecular complexity index is 296. The number of rotatable bonds is 7. The van der Waals surface area contributed by atoms with Crippen molar-refractivity contribution in [3.63, 3.8) is 0 Å². The average Bonchev–Trinajstić information content (AvgIpc) is 2.30. The van der Waals surface area contributed by atoms with Crippen molar-refractivity contribution in [3.8, 4) is 0 Å². The summed E-state index contributed by atoms with van der Waals surface area (Å²) >= 11 is 0. The van der Waals surface area contributed by atoms with Crippen molar-refractivity contribution >= 4 is 10.0 Å². The Morgan fingerprint density at radius 2 is 1.94 bits per heavy atom. The Balaban J connectivity index is 2.36. The largest absolute Gasteiger partial charge is 0.320 e. The molecule has 0 amide bonds. The van der Waals surface area contributed by atoms with E-state index in [-0.39, 0.29) is 5.75 Å². The lowest BCUT2D eigenvalue weighted by Crippen LogP contribution is -2.40. The quantitative estimate of drug-likeness (QED) is 0.706. The molecule has 0 spiro atoms. The van der Waals surface area contributed by atoms with Crippen LogP contribution in [0.2, 0.25) is 0 Å². The second-order valence-electron chi connectivity index (χ2n) is 4.90. The van der Waals surface area contributed by atoms with E-state index in [9.17, 15) is 8.42 Å². The molecule has 0 aliphatic carbocycles. The first-order valence-corrected chi connectivity index (χ1v) is 8.33. The highest BCUT2D eigenvalue weighted by molar-refractivity contribution is 7.89. The number of hydrogen-bond acceptors (Lipinski definition) is 3. The molecule has 1 N–H and O–H groups in total. The van der Waals surface area contributed by atoms with E-state index in [2.05, 4.69) is 12.2 Å². The maximum atomic E-state index is 12.0. The topological polar surface area (TPSA) is 49.4 Å². The van der Waals surface area contributed by atoms with Gasteiger partial charge in [-0.2, -0.15) is 0 Å². The SMILES string of the molecule is CCCC1CCN(S(=O)(=O)CCCNC)CC1. The summed E-state index contributed by atoms with van der Waals surface area (Å²) in [7, 11) is -1.15. The molecule has 0 aromatic rings. The third-order valence-corrected chi connectivity index (χ3v) is 5.45. The Morgan fingerprint density at radius 1 is 1.29 bits per heavy atom. The Kier molecular flexibility index (Phi) is 6.44. The maximum Gasteiger partial charge on any atom is 0.214 e. The first-order chi connectivity index (χ1) is 8.10. The minimum atomic E-state index is -3.00. The monoisotopic (exact) mass is 262 g/mol. The Labute approximate surface area is 106 Å². The lowest BCUT2D eigenvalue weighted by atomic mass is 9.94. The summed E-state index contributed by atoms with van der Waals surface area (Å²) in [6.07, 6.45) is 5.24. The number of piperidine rings is 1. The third kappa shape index (κ3) is 4.94. The van der Waals surface area contributed by atoms with Crippen molar-refractivity contribution in [2.75, 3.05) is 32.4 Å². The average molecular weight is 262 g/mol. The minimum Gasteiger partial charge on any atom is -0.320 e. The molecule has 1 heterocycles. The van der Waals surface area contributed by atoms with Crippen LogP contribution < -0.4 is 5.32 Å². The number of hydrogen-bond donors (Lipinski definition) is 1. The second-order valence-corrected chi connectivity index (χ2v) is 6.99. The van der Waals surface area contributed by atoms with Gasteiger partial charge in [-0.1, -0.05) is 19.8 Å². The van der Waals surface area contributed by atoms with E-state index in [0.717, 1.165) is 38.4 Å². The molecule has 5 heteroatoms. The van der Waals surface area contributed by atoms with Crippen LogP contribution in [0.1, 0.15) is 39.0 Å². The molecule has 1 rings (SSSR count). The highest BCUT2D eigenvalue weighted by atomic mass is 32.2. The third-order valence-electron chi connectivity index (χ3n) is 3.49. The second kappa shape index (κ2) is 7.34. The molecule has 0 radical (unpaired) electrons. The van der Waals surface area contributed by atoms with Crippen LogP contribution in [0.25, 0.3) is 0 Å². The predicted molar refractivity (Wildman–Crippen MR) is 71.5 cm³/mol. The molecule has 0 bridgehead atoms. The van der Waals surface area contributed by atoms with Crippen LogP contribution in [0, 0.1) is 5.92 Å². The molecule has 1 aliphatic heterocycles. The molecule has 1 fully saturated rings. The van der Waals surface area contributed by atoms with E-state index in [1.165, 1.54) is 12.8 Å². The molecule has 4 nitrogen and oxygen atoms in total. The lowest BCUT2D eigenvalue weighted by molar-refractivity contribution is 0.262. The number of sulfonamides is 1. The van der Waals surface area contributed by atoms with Crippen LogP contribution in [-0.2, 0) is 10.0 Å². The number of nitrogens with zero attached hydrogens (tertiary/aromatic N) is 1. The first kappa shape index (κ1) is 14.9. The fraction of sp³-hybridized carbons (Fsp3) is 1.00. The summed E-state index contributed by atoms with van der Waals surface area (Å²) in [5.41, 5.74) is 0. The van der Waals surface area contributed by atoms with E-state index in [1.54, 1.807) is 4.31 Å². The first-order valence-electron chi connectivity index (χ1n) is 6.72. The van der Waals surface area contributed by atoms with Crippen LogP contribution >= 0.6 is 0 Å². The molecule has 0 atom stereocenters. The molecular formula is C12H26N2O2S. The summed E-state index contributed by atoms with van der Waals surface area (Å²) in [4.78, 5) is 0. The summed E-state index contributed by atoms with van der Waals surface area (Å²) in [5.74, 6) is 1.02. The van der Waals surface area contributed by atoms with Crippen LogP contribution in [0.4, 0.5) is 0 Å². The smallest absolute Gasteiger partial charge is 0.214 e. The Hall–Kier alpha value is -0.130. The molecule has 0 unspecified atom stereocenters. The predicted octanol–water partition coefficient (Wildman–Crippen LogP) is 1.44. The summed E-state index contributed by atoms with van der Waals surface area (Å²) in [6, 6.07) is 0. The van der Waals surface area contributed by atoms with E-state index in [1.807, 2.05) is 7.05 Å². The molecule has 0 saturated carbocycles. The van der Waals surface area contributed by atoms with Gasteiger partial charge in [-0.15, -0.1) is 0 Å². The zero-order chi connectivity index (χ0) is 12.7. The maximum absolute atomic E-state index is 12.0. The lowest BCUT2D eigenvalue weighted by Gasteiger charge is -2.31. The van der Waals surface area contributed by atoms with Gasteiger partial charge in [-0.25, -0.2) is 12.7 Å². The Morgan fingerprint density at radius 3 is 2.47 bits per heavy atom. The fourth-order valence-electron chi connectivity index (χ4n) is 2.44. The van der Waals surface area contributed by atoms with Gasteiger partial charge >= 0.3 is 0 Å². The van der Waals surface area contributed by atoms with E-state index < -0.39 is 10.0 Å². The van der Waals surface area contributed by atoms with Crippen molar-refractivity contribution in [1.82, 2.24) is 9.62 Å². The zero-order valence-electron chi connectivity index (χ0n) is 11.1. The van der Waals surface area contributed by atoms with Crippen LogP contribution in [0.3, 0.4) is 0 Å². The number of nitrogens with one attached hydrogen (secondary N) is 1. The van der Waals surface area contributed by atoms with Gasteiger partial charge in [0.25, 0.3) is 0 Å². The van der Waals surface area contributed by atoms with Gasteiger partial charge in [0.1, 0.15) is 0 Å². The van der Waals surface area contributed by atoms with Crippen molar-refractivity contribution in [2.24, 2.45) is 5.92 Å². The molecule has 1 saturated heterocycles. The van der Waals surface area contributed by atoms with Gasteiger partial charge in [-0.3, -0.25) is 0 Å².